The summed E-state index contributed by atoms with van der Waals surface area (Å²) in [6, 6.07) is 2.54. The molecule has 1 aliphatic heterocycles. The molecule has 0 aromatic heterocycles. The van der Waals surface area contributed by atoms with Crippen LogP contribution in [-0.2, 0) is 0 Å². The molecule has 1 saturated heterocycles. The Labute approximate surface area is 53.5 Å². The molecule has 2 rings (SSSR count). The maximum absolute atomic E-state index is 8.24. The van der Waals surface area contributed by atoms with Gasteiger partial charge in [-0.25, -0.2) is 0 Å². The SMILES string of the molecule is N#C/C=C1\NC2C=CC12. The van der Waals surface area contributed by atoms with Crippen LogP contribution in [0.25, 0.3) is 0 Å². The van der Waals surface area contributed by atoms with Crippen molar-refractivity contribution in [3.05, 3.63) is 23.9 Å². The van der Waals surface area contributed by atoms with E-state index in [1.165, 1.54) is 0 Å². The number of rotatable bonds is 0. The van der Waals surface area contributed by atoms with E-state index in [1.54, 1.807) is 6.08 Å². The summed E-state index contributed by atoms with van der Waals surface area (Å²) in [7, 11) is 0. The average Bonchev–Trinajstić information content (AvgIpc) is 1.82. The molecule has 0 aromatic rings. The van der Waals surface area contributed by atoms with Crippen LogP contribution >= 0.6 is 0 Å². The second-order valence-corrected chi connectivity index (χ2v) is 2.31. The van der Waals surface area contributed by atoms with Crippen LogP contribution in [0.2, 0.25) is 0 Å². The van der Waals surface area contributed by atoms with Gasteiger partial charge in [-0.3, -0.25) is 0 Å². The summed E-state index contributed by atoms with van der Waals surface area (Å²) in [5.41, 5.74) is 1.07. The van der Waals surface area contributed by atoms with E-state index >= 15 is 0 Å². The van der Waals surface area contributed by atoms with Crippen LogP contribution in [0.4, 0.5) is 0 Å². The van der Waals surface area contributed by atoms with E-state index in [2.05, 4.69) is 17.5 Å². The quantitative estimate of drug-likeness (QED) is 0.372. The van der Waals surface area contributed by atoms with Crippen LogP contribution in [0.15, 0.2) is 23.9 Å². The van der Waals surface area contributed by atoms with Gasteiger partial charge in [0.2, 0.25) is 0 Å². The Morgan fingerprint density at radius 1 is 1.67 bits per heavy atom. The summed E-state index contributed by atoms with van der Waals surface area (Å²) < 4.78 is 0. The van der Waals surface area contributed by atoms with Crippen molar-refractivity contribution in [3.63, 3.8) is 0 Å². The zero-order valence-electron chi connectivity index (χ0n) is 4.83. The van der Waals surface area contributed by atoms with E-state index in [0.29, 0.717) is 12.0 Å². The second-order valence-electron chi connectivity index (χ2n) is 2.31. The van der Waals surface area contributed by atoms with Crippen molar-refractivity contribution in [1.29, 1.82) is 5.26 Å². The minimum atomic E-state index is 0.546. The largest absolute Gasteiger partial charge is 0.380 e. The molecular formula is C7H6N2. The van der Waals surface area contributed by atoms with Crippen LogP contribution in [-0.4, -0.2) is 6.04 Å². The Bertz CT molecular complexity index is 232. The summed E-state index contributed by atoms with van der Waals surface area (Å²) in [5, 5.41) is 11.4. The molecule has 0 amide bonds. The van der Waals surface area contributed by atoms with Gasteiger partial charge < -0.3 is 5.32 Å². The fourth-order valence-electron chi connectivity index (χ4n) is 1.17. The molecule has 2 atom stereocenters. The molecule has 9 heavy (non-hydrogen) atoms. The third-order valence-corrected chi connectivity index (χ3v) is 1.83. The van der Waals surface area contributed by atoms with E-state index < -0.39 is 0 Å². The van der Waals surface area contributed by atoms with Gasteiger partial charge in [-0.05, 0) is 0 Å². The Kier molecular flexibility index (Phi) is 0.711. The summed E-state index contributed by atoms with van der Waals surface area (Å²) in [4.78, 5) is 0. The molecule has 1 N–H and O–H groups in total. The van der Waals surface area contributed by atoms with Crippen molar-refractivity contribution in [2.24, 2.45) is 5.92 Å². The van der Waals surface area contributed by atoms with E-state index in [-0.39, 0.29) is 0 Å². The van der Waals surface area contributed by atoms with Gasteiger partial charge in [0.1, 0.15) is 0 Å². The monoisotopic (exact) mass is 118 g/mol. The third kappa shape index (κ3) is 0.437. The maximum atomic E-state index is 8.24. The number of nitrogens with zero attached hydrogens (tertiary/aromatic N) is 1. The lowest BCUT2D eigenvalue weighted by molar-refractivity contribution is 0.384. The van der Waals surface area contributed by atoms with Crippen LogP contribution in [0.3, 0.4) is 0 Å². The molecule has 2 aliphatic rings. The topological polar surface area (TPSA) is 35.8 Å². The lowest BCUT2D eigenvalue weighted by Gasteiger charge is -2.43. The van der Waals surface area contributed by atoms with Crippen molar-refractivity contribution in [1.82, 2.24) is 5.32 Å². The van der Waals surface area contributed by atoms with Gasteiger partial charge in [-0.1, -0.05) is 12.2 Å². The van der Waals surface area contributed by atoms with Crippen molar-refractivity contribution in [2.75, 3.05) is 0 Å². The predicted molar refractivity (Wildman–Crippen MR) is 33.2 cm³/mol. The normalized spacial score (nSPS) is 39.7. The van der Waals surface area contributed by atoms with Crippen molar-refractivity contribution >= 4 is 0 Å². The van der Waals surface area contributed by atoms with E-state index in [4.69, 9.17) is 5.26 Å². The highest BCUT2D eigenvalue weighted by atomic mass is 15.0. The first-order chi connectivity index (χ1) is 4.42. The van der Waals surface area contributed by atoms with E-state index in [1.807, 2.05) is 6.07 Å². The number of hydrogen-bond donors (Lipinski definition) is 1. The number of nitrogens with one attached hydrogen (secondary N) is 1. The standard InChI is InChI=1S/C7H6N2/c8-4-3-7-5-1-2-6(5)9-7/h1-3,5-6,9H/b7-3-. The van der Waals surface area contributed by atoms with Gasteiger partial charge in [0.25, 0.3) is 0 Å². The zero-order chi connectivity index (χ0) is 6.27. The Hall–Kier alpha value is -1.23. The Morgan fingerprint density at radius 3 is 2.89 bits per heavy atom. The molecule has 0 saturated carbocycles. The molecule has 1 fully saturated rings. The minimum Gasteiger partial charge on any atom is -0.380 e. The lowest BCUT2D eigenvalue weighted by Crippen LogP contribution is -2.53. The molecule has 1 heterocycles. The Morgan fingerprint density at radius 2 is 2.56 bits per heavy atom. The molecule has 0 spiro atoms. The van der Waals surface area contributed by atoms with Gasteiger partial charge in [0, 0.05) is 17.7 Å². The van der Waals surface area contributed by atoms with Gasteiger partial charge in [-0.15, -0.1) is 0 Å². The number of nitriles is 1. The molecule has 2 nitrogen and oxygen atoms in total. The van der Waals surface area contributed by atoms with Gasteiger partial charge in [0.15, 0.2) is 0 Å². The van der Waals surface area contributed by atoms with Crippen LogP contribution in [0, 0.1) is 17.2 Å². The highest BCUT2D eigenvalue weighted by Gasteiger charge is 2.36. The molecule has 2 unspecified atom stereocenters. The minimum absolute atomic E-state index is 0.546. The first kappa shape index (κ1) is 4.63. The molecule has 0 bridgehead atoms. The number of allylic oxidation sites excluding steroid dienone is 1. The van der Waals surface area contributed by atoms with Gasteiger partial charge >= 0.3 is 0 Å². The van der Waals surface area contributed by atoms with Gasteiger partial charge in [-0.2, -0.15) is 5.26 Å². The highest BCUT2D eigenvalue weighted by Crippen LogP contribution is 2.33. The molecule has 0 radical (unpaired) electrons. The summed E-state index contributed by atoms with van der Waals surface area (Å²) in [6.45, 7) is 0. The molecule has 44 valence electrons. The first-order valence-corrected chi connectivity index (χ1v) is 2.96. The first-order valence-electron chi connectivity index (χ1n) is 2.96. The summed E-state index contributed by atoms with van der Waals surface area (Å²) >= 11 is 0. The summed E-state index contributed by atoms with van der Waals surface area (Å²) in [6.07, 6.45) is 5.80. The summed E-state index contributed by atoms with van der Waals surface area (Å²) in [5.74, 6) is 0.546. The fourth-order valence-corrected chi connectivity index (χ4v) is 1.17. The number of fused-ring (bicyclic) bond motifs is 1. The highest BCUT2D eigenvalue weighted by molar-refractivity contribution is 5.38. The Balaban J connectivity index is 2.16. The fraction of sp³-hybridized carbons (Fsp3) is 0.286. The molecule has 2 heteroatoms. The van der Waals surface area contributed by atoms with Gasteiger partial charge in [0.05, 0.1) is 12.1 Å². The average molecular weight is 118 g/mol. The van der Waals surface area contributed by atoms with Crippen LogP contribution in [0.1, 0.15) is 0 Å². The van der Waals surface area contributed by atoms with Crippen molar-refractivity contribution in [3.8, 4) is 6.07 Å². The van der Waals surface area contributed by atoms with Crippen LogP contribution in [0.5, 0.6) is 0 Å². The smallest absolute Gasteiger partial charge is 0.0930 e. The predicted octanol–water partition coefficient (Wildman–Crippen LogP) is 0.552. The molecular weight excluding hydrogens is 112 g/mol. The van der Waals surface area contributed by atoms with Crippen molar-refractivity contribution < 1.29 is 0 Å². The van der Waals surface area contributed by atoms with Crippen LogP contribution < -0.4 is 5.32 Å². The third-order valence-electron chi connectivity index (χ3n) is 1.83. The van der Waals surface area contributed by atoms with E-state index in [0.717, 1.165) is 5.70 Å². The molecule has 0 aromatic carbocycles. The zero-order valence-corrected chi connectivity index (χ0v) is 4.83. The maximum Gasteiger partial charge on any atom is 0.0930 e. The second kappa shape index (κ2) is 1.38. The number of hydrogen-bond acceptors (Lipinski definition) is 2. The molecule has 1 aliphatic carbocycles. The van der Waals surface area contributed by atoms with Crippen molar-refractivity contribution in [2.45, 2.75) is 6.04 Å². The lowest BCUT2D eigenvalue weighted by atomic mass is 9.78. The van der Waals surface area contributed by atoms with E-state index in [9.17, 15) is 0 Å².